The molecule has 92 valence electrons. The summed E-state index contributed by atoms with van der Waals surface area (Å²) in [5.41, 5.74) is 8.70. The summed E-state index contributed by atoms with van der Waals surface area (Å²) >= 11 is 0. The van der Waals surface area contributed by atoms with Crippen molar-refractivity contribution in [2.45, 2.75) is 25.9 Å². The van der Waals surface area contributed by atoms with Crippen LogP contribution >= 0.6 is 0 Å². The Balaban J connectivity index is 2.29. The normalized spacial score (nSPS) is 13.5. The molecule has 1 atom stereocenters. The number of benzene rings is 1. The summed E-state index contributed by atoms with van der Waals surface area (Å²) < 4.78 is 2.14. The summed E-state index contributed by atoms with van der Waals surface area (Å²) in [5.74, 6) is 0. The second-order valence-electron chi connectivity index (χ2n) is 4.88. The fourth-order valence-electron chi connectivity index (χ4n) is 2.14. The van der Waals surface area contributed by atoms with Crippen molar-refractivity contribution in [1.82, 2.24) is 9.88 Å². The molecule has 3 N–H and O–H groups in total. The van der Waals surface area contributed by atoms with Gasteiger partial charge in [-0.25, -0.2) is 0 Å². The molecule has 3 heteroatoms. The first-order valence-corrected chi connectivity index (χ1v) is 6.12. The number of fused-ring (bicyclic) bond motifs is 1. The molecule has 0 saturated carbocycles. The molecule has 0 aliphatic heterocycles. The van der Waals surface area contributed by atoms with E-state index in [2.05, 4.69) is 61.2 Å². The standard InChI is InChI=1S/C14H21N3/c1-10(2)16-8-13(15)12-9-17(3)14-7-5-4-6-11(12)14/h4-7,9-10,13,16H,8,15H2,1-3H3. The van der Waals surface area contributed by atoms with E-state index in [0.717, 1.165) is 6.54 Å². The zero-order chi connectivity index (χ0) is 12.4. The second kappa shape index (κ2) is 4.90. The molecule has 1 unspecified atom stereocenters. The molecule has 0 fully saturated rings. The molecule has 0 spiro atoms. The van der Waals surface area contributed by atoms with Crippen LogP contribution in [-0.4, -0.2) is 17.2 Å². The summed E-state index contributed by atoms with van der Waals surface area (Å²) in [7, 11) is 2.06. The van der Waals surface area contributed by atoms with Gasteiger partial charge in [-0.1, -0.05) is 32.0 Å². The van der Waals surface area contributed by atoms with Crippen molar-refractivity contribution in [2.24, 2.45) is 12.8 Å². The highest BCUT2D eigenvalue weighted by Gasteiger charge is 2.13. The molecule has 1 aromatic carbocycles. The minimum Gasteiger partial charge on any atom is -0.350 e. The Hall–Kier alpha value is -1.32. The van der Waals surface area contributed by atoms with Crippen LogP contribution in [0.3, 0.4) is 0 Å². The molecule has 0 amide bonds. The predicted octanol–water partition coefficient (Wildman–Crippen LogP) is 2.18. The van der Waals surface area contributed by atoms with E-state index in [0.29, 0.717) is 6.04 Å². The van der Waals surface area contributed by atoms with Crippen LogP contribution in [0.15, 0.2) is 30.5 Å². The molecule has 0 saturated heterocycles. The van der Waals surface area contributed by atoms with Gasteiger partial charge in [0.1, 0.15) is 0 Å². The van der Waals surface area contributed by atoms with E-state index in [-0.39, 0.29) is 6.04 Å². The van der Waals surface area contributed by atoms with Gasteiger partial charge in [0.2, 0.25) is 0 Å². The summed E-state index contributed by atoms with van der Waals surface area (Å²) in [6.45, 7) is 5.08. The third-order valence-electron chi connectivity index (χ3n) is 3.07. The number of nitrogens with zero attached hydrogens (tertiary/aromatic N) is 1. The first-order chi connectivity index (χ1) is 8.09. The number of nitrogens with one attached hydrogen (secondary N) is 1. The Kier molecular flexibility index (Phi) is 3.50. The average Bonchev–Trinajstić information content (AvgIpc) is 2.65. The van der Waals surface area contributed by atoms with E-state index >= 15 is 0 Å². The predicted molar refractivity (Wildman–Crippen MR) is 73.0 cm³/mol. The van der Waals surface area contributed by atoms with Crippen LogP contribution in [0.2, 0.25) is 0 Å². The minimum absolute atomic E-state index is 0.0449. The van der Waals surface area contributed by atoms with Crippen LogP contribution in [0.4, 0.5) is 0 Å². The van der Waals surface area contributed by atoms with Crippen LogP contribution < -0.4 is 11.1 Å². The molecule has 0 radical (unpaired) electrons. The number of rotatable bonds is 4. The fraction of sp³-hybridized carbons (Fsp3) is 0.429. The topological polar surface area (TPSA) is 43.0 Å². The van der Waals surface area contributed by atoms with E-state index in [1.807, 2.05) is 0 Å². The smallest absolute Gasteiger partial charge is 0.0481 e. The Labute approximate surface area is 103 Å². The molecular weight excluding hydrogens is 210 g/mol. The molecule has 0 aliphatic rings. The van der Waals surface area contributed by atoms with Crippen molar-refractivity contribution in [3.05, 3.63) is 36.0 Å². The van der Waals surface area contributed by atoms with E-state index < -0.39 is 0 Å². The first-order valence-electron chi connectivity index (χ1n) is 6.12. The van der Waals surface area contributed by atoms with Gasteiger partial charge in [0.25, 0.3) is 0 Å². The number of aromatic nitrogens is 1. The molecule has 1 heterocycles. The van der Waals surface area contributed by atoms with Crippen molar-refractivity contribution in [2.75, 3.05) is 6.54 Å². The lowest BCUT2D eigenvalue weighted by Gasteiger charge is -2.14. The van der Waals surface area contributed by atoms with Gasteiger partial charge < -0.3 is 15.6 Å². The van der Waals surface area contributed by atoms with E-state index in [1.165, 1.54) is 16.5 Å². The maximum atomic E-state index is 6.25. The van der Waals surface area contributed by atoms with Crippen molar-refractivity contribution in [1.29, 1.82) is 0 Å². The molecule has 17 heavy (non-hydrogen) atoms. The average molecular weight is 231 g/mol. The van der Waals surface area contributed by atoms with E-state index in [1.54, 1.807) is 0 Å². The number of aryl methyl sites for hydroxylation is 1. The van der Waals surface area contributed by atoms with Gasteiger partial charge in [-0.05, 0) is 11.6 Å². The van der Waals surface area contributed by atoms with Gasteiger partial charge in [-0.15, -0.1) is 0 Å². The first kappa shape index (κ1) is 12.1. The zero-order valence-corrected chi connectivity index (χ0v) is 10.8. The molecule has 3 nitrogen and oxygen atoms in total. The number of nitrogens with two attached hydrogens (primary N) is 1. The van der Waals surface area contributed by atoms with Crippen molar-refractivity contribution in [3.8, 4) is 0 Å². The Morgan fingerprint density at radius 3 is 2.71 bits per heavy atom. The highest BCUT2D eigenvalue weighted by Crippen LogP contribution is 2.24. The largest absolute Gasteiger partial charge is 0.350 e. The van der Waals surface area contributed by atoms with Crippen molar-refractivity contribution in [3.63, 3.8) is 0 Å². The van der Waals surface area contributed by atoms with Crippen LogP contribution in [0.1, 0.15) is 25.5 Å². The quantitative estimate of drug-likeness (QED) is 0.847. The molecule has 1 aromatic heterocycles. The van der Waals surface area contributed by atoms with Crippen LogP contribution in [-0.2, 0) is 7.05 Å². The fourth-order valence-corrected chi connectivity index (χ4v) is 2.14. The van der Waals surface area contributed by atoms with Crippen LogP contribution in [0.5, 0.6) is 0 Å². The molecule has 0 bridgehead atoms. The molecule has 2 aromatic rings. The Morgan fingerprint density at radius 1 is 1.29 bits per heavy atom. The van der Waals surface area contributed by atoms with Crippen molar-refractivity contribution >= 4 is 10.9 Å². The highest BCUT2D eigenvalue weighted by atomic mass is 14.9. The SMILES string of the molecule is CC(C)NCC(N)c1cn(C)c2ccccc12. The van der Waals surface area contributed by atoms with Crippen LogP contribution in [0.25, 0.3) is 10.9 Å². The monoisotopic (exact) mass is 231 g/mol. The van der Waals surface area contributed by atoms with Crippen molar-refractivity contribution < 1.29 is 0 Å². The highest BCUT2D eigenvalue weighted by molar-refractivity contribution is 5.84. The van der Waals surface area contributed by atoms with Gasteiger partial charge in [0, 0.05) is 42.8 Å². The number of para-hydroxylation sites is 1. The third-order valence-corrected chi connectivity index (χ3v) is 3.07. The summed E-state index contributed by atoms with van der Waals surface area (Å²) in [6, 6.07) is 8.90. The second-order valence-corrected chi connectivity index (χ2v) is 4.88. The van der Waals surface area contributed by atoms with Gasteiger partial charge in [0.15, 0.2) is 0 Å². The number of hydrogen-bond acceptors (Lipinski definition) is 2. The Bertz CT molecular complexity index is 499. The van der Waals surface area contributed by atoms with Gasteiger partial charge in [0.05, 0.1) is 0 Å². The lowest BCUT2D eigenvalue weighted by Crippen LogP contribution is -2.31. The lowest BCUT2D eigenvalue weighted by atomic mass is 10.1. The summed E-state index contributed by atoms with van der Waals surface area (Å²) in [4.78, 5) is 0. The molecule has 2 rings (SSSR count). The van der Waals surface area contributed by atoms with Gasteiger partial charge in [-0.2, -0.15) is 0 Å². The zero-order valence-electron chi connectivity index (χ0n) is 10.8. The third kappa shape index (κ3) is 2.51. The maximum absolute atomic E-state index is 6.25. The summed E-state index contributed by atoms with van der Waals surface area (Å²) in [6.07, 6.45) is 2.14. The Morgan fingerprint density at radius 2 is 2.00 bits per heavy atom. The molecule has 0 aliphatic carbocycles. The van der Waals surface area contributed by atoms with Gasteiger partial charge in [-0.3, -0.25) is 0 Å². The van der Waals surface area contributed by atoms with Crippen LogP contribution in [0, 0.1) is 0 Å². The molecular formula is C14H21N3. The van der Waals surface area contributed by atoms with E-state index in [4.69, 9.17) is 5.73 Å². The minimum atomic E-state index is 0.0449. The number of hydrogen-bond donors (Lipinski definition) is 2. The lowest BCUT2D eigenvalue weighted by molar-refractivity contribution is 0.539. The van der Waals surface area contributed by atoms with E-state index in [9.17, 15) is 0 Å². The van der Waals surface area contributed by atoms with Gasteiger partial charge >= 0.3 is 0 Å². The maximum Gasteiger partial charge on any atom is 0.0481 e. The summed E-state index contributed by atoms with van der Waals surface area (Å²) in [5, 5.41) is 4.64.